The van der Waals surface area contributed by atoms with E-state index in [4.69, 9.17) is 4.74 Å². The third kappa shape index (κ3) is 2.14. The van der Waals surface area contributed by atoms with Gasteiger partial charge in [0.25, 0.3) is 0 Å². The molecule has 0 spiro atoms. The fourth-order valence-electron chi connectivity index (χ4n) is 1.54. The third-order valence-electron chi connectivity index (χ3n) is 2.43. The van der Waals surface area contributed by atoms with Crippen LogP contribution < -0.4 is 4.74 Å². The van der Waals surface area contributed by atoms with E-state index in [2.05, 4.69) is 13.0 Å². The molecule has 16 heavy (non-hydrogen) atoms. The van der Waals surface area contributed by atoms with Crippen LogP contribution in [-0.2, 0) is 6.42 Å². The lowest BCUT2D eigenvalue weighted by Crippen LogP contribution is -1.96. The van der Waals surface area contributed by atoms with Gasteiger partial charge in [0, 0.05) is 9.75 Å². The standard InChI is InChI=1S/C12H14O2S2/c1-3-8-4-5-10(16-8)11(13)12-9(14-2)6-7-15-12/h4-7,11,13H,3H2,1-2H3. The summed E-state index contributed by atoms with van der Waals surface area (Å²) in [5.74, 6) is 0.768. The second-order valence-electron chi connectivity index (χ2n) is 3.41. The lowest BCUT2D eigenvalue weighted by atomic mass is 10.2. The molecule has 2 nitrogen and oxygen atoms in total. The summed E-state index contributed by atoms with van der Waals surface area (Å²) in [6.07, 6.45) is 0.458. The minimum absolute atomic E-state index is 0.555. The summed E-state index contributed by atoms with van der Waals surface area (Å²) in [6, 6.07) is 5.95. The number of aliphatic hydroxyl groups excluding tert-OH is 1. The van der Waals surface area contributed by atoms with Crippen molar-refractivity contribution in [3.63, 3.8) is 0 Å². The van der Waals surface area contributed by atoms with Gasteiger partial charge < -0.3 is 9.84 Å². The Kier molecular flexibility index (Phi) is 3.63. The van der Waals surface area contributed by atoms with Crippen LogP contribution in [0, 0.1) is 0 Å². The maximum Gasteiger partial charge on any atom is 0.135 e. The van der Waals surface area contributed by atoms with Crippen LogP contribution in [0.2, 0.25) is 0 Å². The topological polar surface area (TPSA) is 29.5 Å². The normalized spacial score (nSPS) is 12.7. The Hall–Kier alpha value is -0.840. The van der Waals surface area contributed by atoms with E-state index in [1.54, 1.807) is 18.4 Å². The minimum atomic E-state index is -0.555. The van der Waals surface area contributed by atoms with Gasteiger partial charge in [-0.1, -0.05) is 6.92 Å². The highest BCUT2D eigenvalue weighted by molar-refractivity contribution is 7.13. The minimum Gasteiger partial charge on any atom is -0.495 e. The number of rotatable bonds is 4. The highest BCUT2D eigenvalue weighted by atomic mass is 32.1. The molecule has 2 aromatic rings. The molecule has 0 radical (unpaired) electrons. The highest BCUT2D eigenvalue weighted by Gasteiger charge is 2.18. The van der Waals surface area contributed by atoms with Crippen molar-refractivity contribution in [3.8, 4) is 5.75 Å². The van der Waals surface area contributed by atoms with Gasteiger partial charge in [-0.15, -0.1) is 22.7 Å². The first kappa shape index (κ1) is 11.6. The molecule has 0 amide bonds. The fraction of sp³-hybridized carbons (Fsp3) is 0.333. The van der Waals surface area contributed by atoms with Crippen molar-refractivity contribution in [1.29, 1.82) is 0 Å². The molecule has 0 aliphatic rings. The zero-order valence-corrected chi connectivity index (χ0v) is 10.9. The van der Waals surface area contributed by atoms with Crippen molar-refractivity contribution >= 4 is 22.7 Å². The molecule has 0 aromatic carbocycles. The smallest absolute Gasteiger partial charge is 0.135 e. The highest BCUT2D eigenvalue weighted by Crippen LogP contribution is 2.37. The van der Waals surface area contributed by atoms with Crippen molar-refractivity contribution in [3.05, 3.63) is 38.2 Å². The van der Waals surface area contributed by atoms with E-state index in [1.165, 1.54) is 16.2 Å². The van der Waals surface area contributed by atoms with Crippen molar-refractivity contribution in [1.82, 2.24) is 0 Å². The van der Waals surface area contributed by atoms with Crippen molar-refractivity contribution in [2.75, 3.05) is 7.11 Å². The van der Waals surface area contributed by atoms with Crippen LogP contribution in [0.4, 0.5) is 0 Å². The monoisotopic (exact) mass is 254 g/mol. The maximum absolute atomic E-state index is 10.2. The van der Waals surface area contributed by atoms with E-state index in [0.29, 0.717) is 0 Å². The summed E-state index contributed by atoms with van der Waals surface area (Å²) >= 11 is 3.19. The van der Waals surface area contributed by atoms with E-state index in [1.807, 2.05) is 17.5 Å². The summed E-state index contributed by atoms with van der Waals surface area (Å²) in [5, 5.41) is 12.2. The number of hydrogen-bond acceptors (Lipinski definition) is 4. The molecular weight excluding hydrogens is 240 g/mol. The molecule has 0 bridgehead atoms. The van der Waals surface area contributed by atoms with Gasteiger partial charge in [0.1, 0.15) is 11.9 Å². The first-order valence-electron chi connectivity index (χ1n) is 5.14. The van der Waals surface area contributed by atoms with Crippen LogP contribution in [0.5, 0.6) is 5.75 Å². The molecule has 2 heterocycles. The number of aliphatic hydroxyl groups is 1. The van der Waals surface area contributed by atoms with E-state index in [0.717, 1.165) is 21.9 Å². The molecule has 0 saturated carbocycles. The Morgan fingerprint density at radius 2 is 2.19 bits per heavy atom. The predicted octanol–water partition coefficient (Wildman–Crippen LogP) is 3.46. The fourth-order valence-corrected chi connectivity index (χ4v) is 3.42. The molecule has 0 fully saturated rings. The second-order valence-corrected chi connectivity index (χ2v) is 5.56. The quantitative estimate of drug-likeness (QED) is 0.905. The molecule has 0 saturated heterocycles. The molecule has 1 N–H and O–H groups in total. The summed E-state index contributed by atoms with van der Waals surface area (Å²) in [6.45, 7) is 2.12. The zero-order valence-electron chi connectivity index (χ0n) is 9.27. The first-order chi connectivity index (χ1) is 7.76. The number of aryl methyl sites for hydroxylation is 1. The summed E-state index contributed by atoms with van der Waals surface area (Å²) < 4.78 is 5.22. The van der Waals surface area contributed by atoms with E-state index in [9.17, 15) is 5.11 Å². The Bertz CT molecular complexity index is 459. The van der Waals surface area contributed by atoms with Crippen molar-refractivity contribution in [2.24, 2.45) is 0 Å². The lowest BCUT2D eigenvalue weighted by Gasteiger charge is -2.08. The zero-order chi connectivity index (χ0) is 11.5. The van der Waals surface area contributed by atoms with Crippen molar-refractivity contribution in [2.45, 2.75) is 19.4 Å². The van der Waals surface area contributed by atoms with Gasteiger partial charge >= 0.3 is 0 Å². The molecular formula is C12H14O2S2. The Balaban J connectivity index is 2.27. The molecule has 0 aliphatic heterocycles. The van der Waals surface area contributed by atoms with Crippen molar-refractivity contribution < 1.29 is 9.84 Å². The molecule has 1 unspecified atom stereocenters. The summed E-state index contributed by atoms with van der Waals surface area (Å²) in [4.78, 5) is 3.16. The van der Waals surface area contributed by atoms with Gasteiger partial charge in [-0.3, -0.25) is 0 Å². The summed E-state index contributed by atoms with van der Waals surface area (Å²) in [7, 11) is 1.63. The van der Waals surface area contributed by atoms with Gasteiger partial charge in [0.15, 0.2) is 0 Å². The van der Waals surface area contributed by atoms with Gasteiger partial charge in [0.05, 0.1) is 12.0 Å². The van der Waals surface area contributed by atoms with Crippen LogP contribution >= 0.6 is 22.7 Å². The summed E-state index contributed by atoms with van der Waals surface area (Å²) in [5.41, 5.74) is 0. The van der Waals surface area contributed by atoms with Crippen LogP contribution in [0.25, 0.3) is 0 Å². The van der Waals surface area contributed by atoms with E-state index in [-0.39, 0.29) is 0 Å². The number of thiophene rings is 2. The molecule has 1 atom stereocenters. The predicted molar refractivity (Wildman–Crippen MR) is 68.6 cm³/mol. The molecule has 0 aliphatic carbocycles. The van der Waals surface area contributed by atoms with Gasteiger partial charge in [-0.05, 0) is 30.0 Å². The Morgan fingerprint density at radius 1 is 1.38 bits per heavy atom. The second kappa shape index (κ2) is 4.99. The number of ether oxygens (including phenoxy) is 1. The van der Waals surface area contributed by atoms with Crippen LogP contribution in [0.15, 0.2) is 23.6 Å². The average Bonchev–Trinajstić information content (AvgIpc) is 2.96. The van der Waals surface area contributed by atoms with Crippen LogP contribution in [0.3, 0.4) is 0 Å². The van der Waals surface area contributed by atoms with Crippen LogP contribution in [-0.4, -0.2) is 12.2 Å². The average molecular weight is 254 g/mol. The van der Waals surface area contributed by atoms with Gasteiger partial charge in [-0.2, -0.15) is 0 Å². The van der Waals surface area contributed by atoms with Gasteiger partial charge in [-0.25, -0.2) is 0 Å². The largest absolute Gasteiger partial charge is 0.495 e. The third-order valence-corrected chi connectivity index (χ3v) is 4.66. The van der Waals surface area contributed by atoms with E-state index >= 15 is 0 Å². The van der Waals surface area contributed by atoms with Crippen LogP contribution in [0.1, 0.15) is 27.7 Å². The maximum atomic E-state index is 10.2. The molecule has 4 heteroatoms. The SMILES string of the molecule is CCc1ccc(C(O)c2sccc2OC)s1. The first-order valence-corrected chi connectivity index (χ1v) is 6.84. The molecule has 2 rings (SSSR count). The lowest BCUT2D eigenvalue weighted by molar-refractivity contribution is 0.223. The van der Waals surface area contributed by atoms with Gasteiger partial charge in [0.2, 0.25) is 0 Å². The van der Waals surface area contributed by atoms with E-state index < -0.39 is 6.10 Å². The molecule has 2 aromatic heterocycles. The Labute approximate surface area is 103 Å². The number of hydrogen-bond donors (Lipinski definition) is 1. The Morgan fingerprint density at radius 3 is 2.81 bits per heavy atom. The molecule has 86 valence electrons. The number of methoxy groups -OCH3 is 1.